The molecule has 1 aromatic carbocycles. The van der Waals surface area contributed by atoms with Crippen LogP contribution in [0.2, 0.25) is 0 Å². The molecule has 0 saturated heterocycles. The Bertz CT molecular complexity index is 342. The van der Waals surface area contributed by atoms with Gasteiger partial charge in [-0.1, -0.05) is 29.8 Å². The summed E-state index contributed by atoms with van der Waals surface area (Å²) in [5.74, 6) is -0.422. The van der Waals surface area contributed by atoms with E-state index in [1.807, 2.05) is 31.2 Å². The summed E-state index contributed by atoms with van der Waals surface area (Å²) in [5.41, 5.74) is 0.911. The molecule has 0 radical (unpaired) electrons. The Labute approximate surface area is 89.7 Å². The van der Waals surface area contributed by atoms with Crippen LogP contribution in [0.25, 0.3) is 0 Å². The first-order valence-electron chi connectivity index (χ1n) is 4.81. The van der Waals surface area contributed by atoms with Crippen molar-refractivity contribution >= 4 is 5.97 Å². The molecule has 1 rings (SSSR count). The fraction of sp³-hybridized carbons (Fsp3) is 0.417. The van der Waals surface area contributed by atoms with Crippen LogP contribution in [0.15, 0.2) is 24.3 Å². The number of aliphatic hydroxyl groups is 1. The van der Waals surface area contributed by atoms with Gasteiger partial charge in [0.1, 0.15) is 5.41 Å². The highest BCUT2D eigenvalue weighted by Gasteiger charge is 2.35. The molecule has 82 valence electrons. The van der Waals surface area contributed by atoms with Gasteiger partial charge in [-0.15, -0.1) is 0 Å². The Morgan fingerprint density at radius 3 is 2.33 bits per heavy atom. The van der Waals surface area contributed by atoms with Gasteiger partial charge >= 0.3 is 5.97 Å². The quantitative estimate of drug-likeness (QED) is 0.764. The van der Waals surface area contributed by atoms with Crippen molar-refractivity contribution < 1.29 is 14.6 Å². The van der Waals surface area contributed by atoms with E-state index >= 15 is 0 Å². The van der Waals surface area contributed by atoms with Crippen LogP contribution in [-0.4, -0.2) is 24.8 Å². The van der Waals surface area contributed by atoms with Gasteiger partial charge in [-0.25, -0.2) is 0 Å². The third kappa shape index (κ3) is 2.18. The fourth-order valence-corrected chi connectivity index (χ4v) is 1.42. The normalized spacial score (nSPS) is 14.4. The second-order valence-electron chi connectivity index (χ2n) is 3.85. The highest BCUT2D eigenvalue weighted by molar-refractivity contribution is 5.82. The van der Waals surface area contributed by atoms with Crippen LogP contribution in [0.3, 0.4) is 0 Å². The number of rotatable bonds is 3. The average molecular weight is 208 g/mol. The van der Waals surface area contributed by atoms with E-state index in [1.54, 1.807) is 6.92 Å². The van der Waals surface area contributed by atoms with E-state index in [1.165, 1.54) is 7.11 Å². The number of ether oxygens (including phenoxy) is 1. The fourth-order valence-electron chi connectivity index (χ4n) is 1.42. The van der Waals surface area contributed by atoms with E-state index in [4.69, 9.17) is 4.74 Å². The summed E-state index contributed by atoms with van der Waals surface area (Å²) in [6, 6.07) is 7.49. The molecular formula is C12H16O3. The van der Waals surface area contributed by atoms with Crippen LogP contribution in [0, 0.1) is 6.92 Å². The lowest BCUT2D eigenvalue weighted by molar-refractivity contribution is -0.148. The van der Waals surface area contributed by atoms with Crippen molar-refractivity contribution in [1.29, 1.82) is 0 Å². The molecule has 0 aromatic heterocycles. The van der Waals surface area contributed by atoms with Crippen molar-refractivity contribution in [2.45, 2.75) is 19.3 Å². The van der Waals surface area contributed by atoms with Crippen LogP contribution >= 0.6 is 0 Å². The van der Waals surface area contributed by atoms with E-state index in [2.05, 4.69) is 0 Å². The Hall–Kier alpha value is -1.35. The molecule has 15 heavy (non-hydrogen) atoms. The summed E-state index contributed by atoms with van der Waals surface area (Å²) in [6.07, 6.45) is 0. The first-order chi connectivity index (χ1) is 7.04. The lowest BCUT2D eigenvalue weighted by Gasteiger charge is -2.24. The number of aryl methyl sites for hydroxylation is 1. The van der Waals surface area contributed by atoms with Crippen LogP contribution in [0.5, 0.6) is 0 Å². The summed E-state index contributed by atoms with van der Waals surface area (Å²) in [5, 5.41) is 9.31. The number of esters is 1. The highest BCUT2D eigenvalue weighted by Crippen LogP contribution is 2.24. The smallest absolute Gasteiger partial charge is 0.318 e. The lowest BCUT2D eigenvalue weighted by atomic mass is 9.83. The third-order valence-electron chi connectivity index (χ3n) is 2.64. The first kappa shape index (κ1) is 11.7. The highest BCUT2D eigenvalue weighted by atomic mass is 16.5. The zero-order valence-corrected chi connectivity index (χ0v) is 9.28. The second-order valence-corrected chi connectivity index (χ2v) is 3.85. The predicted molar refractivity (Wildman–Crippen MR) is 57.6 cm³/mol. The summed E-state index contributed by atoms with van der Waals surface area (Å²) >= 11 is 0. The van der Waals surface area contributed by atoms with E-state index in [0.29, 0.717) is 0 Å². The van der Waals surface area contributed by atoms with Crippen LogP contribution < -0.4 is 0 Å². The minimum absolute atomic E-state index is 0.261. The minimum Gasteiger partial charge on any atom is -0.468 e. The zero-order chi connectivity index (χ0) is 11.5. The van der Waals surface area contributed by atoms with E-state index < -0.39 is 11.4 Å². The molecule has 0 fully saturated rings. The van der Waals surface area contributed by atoms with E-state index in [0.717, 1.165) is 11.1 Å². The molecule has 0 spiro atoms. The molecule has 0 amide bonds. The van der Waals surface area contributed by atoms with Gasteiger partial charge in [0.15, 0.2) is 0 Å². The van der Waals surface area contributed by atoms with Crippen molar-refractivity contribution in [3.63, 3.8) is 0 Å². The molecule has 3 heteroatoms. The average Bonchev–Trinajstić information content (AvgIpc) is 2.27. The molecule has 1 atom stereocenters. The summed E-state index contributed by atoms with van der Waals surface area (Å²) < 4.78 is 4.69. The molecule has 0 saturated carbocycles. The Morgan fingerprint density at radius 1 is 1.40 bits per heavy atom. The minimum atomic E-state index is -0.970. The number of hydrogen-bond donors (Lipinski definition) is 1. The maximum Gasteiger partial charge on any atom is 0.318 e. The Kier molecular flexibility index (Phi) is 3.48. The van der Waals surface area contributed by atoms with E-state index in [9.17, 15) is 9.90 Å². The summed E-state index contributed by atoms with van der Waals surface area (Å²) in [7, 11) is 1.32. The van der Waals surface area contributed by atoms with Gasteiger partial charge in [-0.3, -0.25) is 4.79 Å². The summed E-state index contributed by atoms with van der Waals surface area (Å²) in [4.78, 5) is 11.6. The Morgan fingerprint density at radius 2 is 1.93 bits per heavy atom. The molecule has 1 aromatic rings. The number of carbonyl (C=O) groups is 1. The van der Waals surface area contributed by atoms with Gasteiger partial charge in [0.2, 0.25) is 0 Å². The largest absolute Gasteiger partial charge is 0.468 e. The number of aliphatic hydroxyl groups excluding tert-OH is 1. The topological polar surface area (TPSA) is 46.5 Å². The second kappa shape index (κ2) is 4.45. The molecule has 0 unspecified atom stereocenters. The molecule has 1 N–H and O–H groups in total. The first-order valence-corrected chi connectivity index (χ1v) is 4.81. The zero-order valence-electron chi connectivity index (χ0n) is 9.28. The van der Waals surface area contributed by atoms with Crippen molar-refractivity contribution in [2.24, 2.45) is 0 Å². The molecular weight excluding hydrogens is 192 g/mol. The molecule has 0 bridgehead atoms. The monoisotopic (exact) mass is 208 g/mol. The SMILES string of the molecule is COC(=O)[C@@](C)(CO)c1ccc(C)cc1. The number of carbonyl (C=O) groups excluding carboxylic acids is 1. The standard InChI is InChI=1S/C12H16O3/c1-9-4-6-10(7-5-9)12(2,8-13)11(14)15-3/h4-7,13H,8H2,1-3H3/t12-/m0/s1. The van der Waals surface area contributed by atoms with Gasteiger partial charge in [0, 0.05) is 0 Å². The number of benzene rings is 1. The van der Waals surface area contributed by atoms with Gasteiger partial charge < -0.3 is 9.84 Å². The van der Waals surface area contributed by atoms with Gasteiger partial charge in [0.05, 0.1) is 13.7 Å². The van der Waals surface area contributed by atoms with Crippen LogP contribution in [-0.2, 0) is 14.9 Å². The van der Waals surface area contributed by atoms with Crippen LogP contribution in [0.4, 0.5) is 0 Å². The molecule has 0 aliphatic carbocycles. The van der Waals surface area contributed by atoms with Crippen LogP contribution in [0.1, 0.15) is 18.1 Å². The van der Waals surface area contributed by atoms with E-state index in [-0.39, 0.29) is 6.61 Å². The molecule has 3 nitrogen and oxygen atoms in total. The predicted octanol–water partition coefficient (Wildman–Crippen LogP) is 1.42. The maximum absolute atomic E-state index is 11.6. The van der Waals surface area contributed by atoms with Crippen molar-refractivity contribution in [2.75, 3.05) is 13.7 Å². The molecule has 0 aliphatic rings. The number of methoxy groups -OCH3 is 1. The third-order valence-corrected chi connectivity index (χ3v) is 2.64. The van der Waals surface area contributed by atoms with Gasteiger partial charge in [-0.2, -0.15) is 0 Å². The maximum atomic E-state index is 11.6. The van der Waals surface area contributed by atoms with Gasteiger partial charge in [0.25, 0.3) is 0 Å². The van der Waals surface area contributed by atoms with Crippen molar-refractivity contribution in [1.82, 2.24) is 0 Å². The van der Waals surface area contributed by atoms with Crippen molar-refractivity contribution in [3.8, 4) is 0 Å². The summed E-state index contributed by atoms with van der Waals surface area (Å²) in [6.45, 7) is 3.38. The lowest BCUT2D eigenvalue weighted by Crippen LogP contribution is -2.37. The van der Waals surface area contributed by atoms with Gasteiger partial charge in [-0.05, 0) is 19.4 Å². The molecule has 0 heterocycles. The molecule has 0 aliphatic heterocycles. The number of hydrogen-bond acceptors (Lipinski definition) is 3. The van der Waals surface area contributed by atoms with Crippen molar-refractivity contribution in [3.05, 3.63) is 35.4 Å². The Balaban J connectivity index is 3.11.